The second-order valence-corrected chi connectivity index (χ2v) is 5.35. The van der Waals surface area contributed by atoms with Crippen molar-refractivity contribution in [2.75, 3.05) is 0 Å². The Labute approximate surface area is 110 Å². The van der Waals surface area contributed by atoms with Gasteiger partial charge in [0.25, 0.3) is 0 Å². The van der Waals surface area contributed by atoms with E-state index in [9.17, 15) is 4.39 Å². The molecule has 16 heavy (non-hydrogen) atoms. The van der Waals surface area contributed by atoms with E-state index in [4.69, 9.17) is 17.3 Å². The van der Waals surface area contributed by atoms with Gasteiger partial charge in [-0.3, -0.25) is 0 Å². The molecular formula is C11H8BrClFNS. The van der Waals surface area contributed by atoms with Crippen LogP contribution in [0.4, 0.5) is 4.39 Å². The number of rotatable bonds is 2. The first-order valence-electron chi connectivity index (χ1n) is 4.51. The highest BCUT2D eigenvalue weighted by Crippen LogP contribution is 2.32. The van der Waals surface area contributed by atoms with Crippen molar-refractivity contribution in [1.82, 2.24) is 0 Å². The van der Waals surface area contributed by atoms with Crippen molar-refractivity contribution in [3.8, 4) is 0 Å². The molecule has 1 aromatic heterocycles. The fourth-order valence-electron chi connectivity index (χ4n) is 1.43. The predicted octanol–water partition coefficient (Wildman–Crippen LogP) is 4.35. The lowest BCUT2D eigenvalue weighted by Gasteiger charge is -2.12. The van der Waals surface area contributed by atoms with Gasteiger partial charge in [0, 0.05) is 20.4 Å². The van der Waals surface area contributed by atoms with Crippen LogP contribution in [-0.4, -0.2) is 0 Å². The Kier molecular flexibility index (Phi) is 3.64. The Hall–Kier alpha value is -0.420. The van der Waals surface area contributed by atoms with Gasteiger partial charge in [-0.1, -0.05) is 11.6 Å². The molecule has 84 valence electrons. The Balaban J connectivity index is 2.45. The van der Waals surface area contributed by atoms with Crippen LogP contribution in [0.2, 0.25) is 5.02 Å². The van der Waals surface area contributed by atoms with E-state index in [2.05, 4.69) is 15.9 Å². The minimum Gasteiger partial charge on any atom is -0.320 e. The molecular weight excluding hydrogens is 313 g/mol. The summed E-state index contributed by atoms with van der Waals surface area (Å²) < 4.78 is 14.5. The van der Waals surface area contributed by atoms with Crippen LogP contribution in [0, 0.1) is 5.82 Å². The van der Waals surface area contributed by atoms with Gasteiger partial charge in [-0.05, 0) is 45.1 Å². The standard InChI is InChI=1S/C11H8BrClFNS/c12-9-5-16-4-8(9)11(15)7-3-6(13)1-2-10(7)14/h1-5,11H,15H2. The van der Waals surface area contributed by atoms with Gasteiger partial charge in [0.2, 0.25) is 0 Å². The second kappa shape index (κ2) is 4.84. The van der Waals surface area contributed by atoms with Gasteiger partial charge < -0.3 is 5.73 Å². The molecule has 0 saturated carbocycles. The molecule has 0 spiro atoms. The van der Waals surface area contributed by atoms with Gasteiger partial charge in [0.15, 0.2) is 0 Å². The summed E-state index contributed by atoms with van der Waals surface area (Å²) >= 11 is 10.7. The monoisotopic (exact) mass is 319 g/mol. The molecule has 0 radical (unpaired) electrons. The molecule has 5 heteroatoms. The number of benzene rings is 1. The normalized spacial score (nSPS) is 12.8. The summed E-state index contributed by atoms with van der Waals surface area (Å²) in [6.45, 7) is 0. The second-order valence-electron chi connectivity index (χ2n) is 3.32. The third kappa shape index (κ3) is 2.30. The Bertz CT molecular complexity index is 514. The van der Waals surface area contributed by atoms with Gasteiger partial charge in [-0.2, -0.15) is 11.3 Å². The summed E-state index contributed by atoms with van der Waals surface area (Å²) in [5.41, 5.74) is 7.29. The summed E-state index contributed by atoms with van der Waals surface area (Å²) in [6, 6.07) is 3.90. The van der Waals surface area contributed by atoms with Crippen LogP contribution in [0.25, 0.3) is 0 Å². The third-order valence-electron chi connectivity index (χ3n) is 2.27. The molecule has 0 aliphatic carbocycles. The highest BCUT2D eigenvalue weighted by atomic mass is 79.9. The zero-order valence-corrected chi connectivity index (χ0v) is 11.2. The molecule has 2 aromatic rings. The number of hydrogen-bond acceptors (Lipinski definition) is 2. The topological polar surface area (TPSA) is 26.0 Å². The van der Waals surface area contributed by atoms with Crippen molar-refractivity contribution in [3.05, 3.63) is 55.4 Å². The lowest BCUT2D eigenvalue weighted by Crippen LogP contribution is -2.13. The molecule has 1 aromatic carbocycles. The van der Waals surface area contributed by atoms with Crippen molar-refractivity contribution in [2.45, 2.75) is 6.04 Å². The molecule has 1 unspecified atom stereocenters. The lowest BCUT2D eigenvalue weighted by molar-refractivity contribution is 0.599. The summed E-state index contributed by atoms with van der Waals surface area (Å²) in [4.78, 5) is 0. The molecule has 0 fully saturated rings. The van der Waals surface area contributed by atoms with Crippen molar-refractivity contribution in [1.29, 1.82) is 0 Å². The van der Waals surface area contributed by atoms with E-state index in [0.717, 1.165) is 10.0 Å². The van der Waals surface area contributed by atoms with Gasteiger partial charge in [0.05, 0.1) is 6.04 Å². The largest absolute Gasteiger partial charge is 0.320 e. The van der Waals surface area contributed by atoms with E-state index in [0.29, 0.717) is 10.6 Å². The molecule has 0 aliphatic rings. The van der Waals surface area contributed by atoms with Gasteiger partial charge in [-0.25, -0.2) is 4.39 Å². The maximum Gasteiger partial charge on any atom is 0.128 e. The van der Waals surface area contributed by atoms with Crippen molar-refractivity contribution >= 4 is 38.9 Å². The average Bonchev–Trinajstić information content (AvgIpc) is 2.67. The average molecular weight is 321 g/mol. The van der Waals surface area contributed by atoms with E-state index >= 15 is 0 Å². The van der Waals surface area contributed by atoms with Crippen molar-refractivity contribution in [3.63, 3.8) is 0 Å². The van der Waals surface area contributed by atoms with Crippen LogP contribution < -0.4 is 5.73 Å². The van der Waals surface area contributed by atoms with Crippen LogP contribution in [0.3, 0.4) is 0 Å². The van der Waals surface area contributed by atoms with Crippen LogP contribution in [-0.2, 0) is 0 Å². The number of halogens is 3. The first-order chi connectivity index (χ1) is 7.59. The van der Waals surface area contributed by atoms with Crippen LogP contribution >= 0.6 is 38.9 Å². The Morgan fingerprint density at radius 2 is 2.06 bits per heavy atom. The molecule has 2 rings (SSSR count). The fraction of sp³-hybridized carbons (Fsp3) is 0.0909. The summed E-state index contributed by atoms with van der Waals surface area (Å²) in [7, 11) is 0. The smallest absolute Gasteiger partial charge is 0.128 e. The van der Waals surface area contributed by atoms with E-state index in [-0.39, 0.29) is 5.82 Å². The number of hydrogen-bond donors (Lipinski definition) is 1. The highest BCUT2D eigenvalue weighted by molar-refractivity contribution is 9.10. The molecule has 0 bridgehead atoms. The van der Waals surface area contributed by atoms with E-state index in [1.54, 1.807) is 6.07 Å². The van der Waals surface area contributed by atoms with Crippen LogP contribution in [0.5, 0.6) is 0 Å². The zero-order chi connectivity index (χ0) is 11.7. The minimum atomic E-state index is -0.501. The number of thiophene rings is 1. The SMILES string of the molecule is NC(c1cc(Cl)ccc1F)c1cscc1Br. The summed E-state index contributed by atoms with van der Waals surface area (Å²) in [5.74, 6) is -0.338. The maximum atomic E-state index is 13.6. The van der Waals surface area contributed by atoms with E-state index < -0.39 is 6.04 Å². The summed E-state index contributed by atoms with van der Waals surface area (Å²) in [6.07, 6.45) is 0. The molecule has 1 atom stereocenters. The van der Waals surface area contributed by atoms with Crippen LogP contribution in [0.15, 0.2) is 33.4 Å². The van der Waals surface area contributed by atoms with Crippen LogP contribution in [0.1, 0.15) is 17.2 Å². The maximum absolute atomic E-state index is 13.6. The van der Waals surface area contributed by atoms with Crippen molar-refractivity contribution < 1.29 is 4.39 Å². The van der Waals surface area contributed by atoms with E-state index in [1.165, 1.54) is 23.5 Å². The number of nitrogens with two attached hydrogens (primary N) is 1. The minimum absolute atomic E-state index is 0.338. The molecule has 1 nitrogen and oxygen atoms in total. The molecule has 2 N–H and O–H groups in total. The quantitative estimate of drug-likeness (QED) is 0.874. The fourth-order valence-corrected chi connectivity index (χ4v) is 3.19. The molecule has 0 aliphatic heterocycles. The van der Waals surface area contributed by atoms with Gasteiger partial charge >= 0.3 is 0 Å². The van der Waals surface area contributed by atoms with E-state index in [1.807, 2.05) is 10.8 Å². The Morgan fingerprint density at radius 1 is 1.31 bits per heavy atom. The first kappa shape index (κ1) is 12.0. The molecule has 1 heterocycles. The first-order valence-corrected chi connectivity index (χ1v) is 6.63. The van der Waals surface area contributed by atoms with Gasteiger partial charge in [0.1, 0.15) is 5.82 Å². The summed E-state index contributed by atoms with van der Waals surface area (Å²) in [5, 5.41) is 4.30. The third-order valence-corrected chi connectivity index (χ3v) is 4.26. The lowest BCUT2D eigenvalue weighted by atomic mass is 10.0. The molecule has 0 saturated heterocycles. The van der Waals surface area contributed by atoms with Gasteiger partial charge in [-0.15, -0.1) is 0 Å². The predicted molar refractivity (Wildman–Crippen MR) is 69.5 cm³/mol. The van der Waals surface area contributed by atoms with Crippen molar-refractivity contribution in [2.24, 2.45) is 5.73 Å². The Morgan fingerprint density at radius 3 is 2.69 bits per heavy atom. The highest BCUT2D eigenvalue weighted by Gasteiger charge is 2.17. The zero-order valence-electron chi connectivity index (χ0n) is 8.08. The molecule has 0 amide bonds.